The van der Waals surface area contributed by atoms with E-state index in [4.69, 9.17) is 12.2 Å². The van der Waals surface area contributed by atoms with Gasteiger partial charge in [0.2, 0.25) is 0 Å². The minimum Gasteiger partial charge on any atom is -0.331 e. The highest BCUT2D eigenvalue weighted by Crippen LogP contribution is 2.47. The third kappa shape index (κ3) is 1.64. The number of rotatable bonds is 1. The fourth-order valence-corrected chi connectivity index (χ4v) is 3.77. The number of aromatic nitrogens is 2. The largest absolute Gasteiger partial charge is 0.331 e. The van der Waals surface area contributed by atoms with E-state index in [-0.39, 0.29) is 0 Å². The van der Waals surface area contributed by atoms with Gasteiger partial charge in [0, 0.05) is 6.04 Å². The van der Waals surface area contributed by atoms with Gasteiger partial charge in [-0.1, -0.05) is 32.4 Å². The van der Waals surface area contributed by atoms with Crippen LogP contribution in [0.2, 0.25) is 0 Å². The van der Waals surface area contributed by atoms with Gasteiger partial charge < -0.3 is 9.55 Å². The van der Waals surface area contributed by atoms with Gasteiger partial charge in [-0.3, -0.25) is 0 Å². The van der Waals surface area contributed by atoms with E-state index in [1.807, 2.05) is 0 Å². The van der Waals surface area contributed by atoms with E-state index in [0.717, 1.165) is 4.77 Å². The van der Waals surface area contributed by atoms with Crippen LogP contribution in [0.3, 0.4) is 0 Å². The first kappa shape index (κ1) is 12.0. The lowest BCUT2D eigenvalue weighted by molar-refractivity contribution is 0.263. The van der Waals surface area contributed by atoms with Crippen LogP contribution in [0.5, 0.6) is 0 Å². The number of imidazole rings is 1. The molecule has 2 aromatic rings. The Labute approximate surface area is 113 Å². The second kappa shape index (κ2) is 3.95. The Balaban J connectivity index is 2.29. The lowest BCUT2D eigenvalue weighted by Gasteiger charge is -2.29. The van der Waals surface area contributed by atoms with Crippen molar-refractivity contribution in [1.29, 1.82) is 0 Å². The summed E-state index contributed by atoms with van der Waals surface area (Å²) >= 11 is 5.56. The van der Waals surface area contributed by atoms with E-state index in [1.165, 1.54) is 35.9 Å². The third-order valence-electron chi connectivity index (χ3n) is 4.45. The van der Waals surface area contributed by atoms with Crippen molar-refractivity contribution in [2.75, 3.05) is 0 Å². The molecule has 1 unspecified atom stereocenters. The summed E-state index contributed by atoms with van der Waals surface area (Å²) in [5.41, 5.74) is 4.11. The van der Waals surface area contributed by atoms with Gasteiger partial charge >= 0.3 is 0 Å². The highest BCUT2D eigenvalue weighted by molar-refractivity contribution is 7.71. The van der Waals surface area contributed by atoms with Crippen molar-refractivity contribution in [1.82, 2.24) is 9.55 Å². The first-order valence-electron chi connectivity index (χ1n) is 6.70. The van der Waals surface area contributed by atoms with Crippen molar-refractivity contribution in [2.24, 2.45) is 5.41 Å². The number of hydrogen-bond acceptors (Lipinski definition) is 1. The Hall–Kier alpha value is -1.09. The zero-order chi connectivity index (χ0) is 12.9. The number of H-pyrrole nitrogens is 1. The van der Waals surface area contributed by atoms with Gasteiger partial charge in [0.1, 0.15) is 0 Å². The molecule has 0 saturated heterocycles. The minimum absolute atomic E-state index is 0.343. The summed E-state index contributed by atoms with van der Waals surface area (Å²) in [6.07, 6.45) is 3.83. The Morgan fingerprint density at radius 2 is 2.17 bits per heavy atom. The molecule has 1 aliphatic carbocycles. The van der Waals surface area contributed by atoms with E-state index >= 15 is 0 Å². The van der Waals surface area contributed by atoms with Crippen molar-refractivity contribution < 1.29 is 0 Å². The van der Waals surface area contributed by atoms with E-state index in [9.17, 15) is 0 Å². The highest BCUT2D eigenvalue weighted by Gasteiger charge is 2.36. The maximum Gasteiger partial charge on any atom is 0.178 e. The lowest BCUT2D eigenvalue weighted by atomic mass is 9.87. The SMILES string of the molecule is Cc1cccc2[nH]c(=S)n(C3CCCC3(C)C)c12. The number of benzene rings is 1. The molecule has 1 atom stereocenters. The molecule has 0 aliphatic heterocycles. The van der Waals surface area contributed by atoms with Gasteiger partial charge in [0.15, 0.2) is 4.77 Å². The van der Waals surface area contributed by atoms with Crippen molar-refractivity contribution in [2.45, 2.75) is 46.1 Å². The predicted molar refractivity (Wildman–Crippen MR) is 78.5 cm³/mol. The molecule has 1 N–H and O–H groups in total. The van der Waals surface area contributed by atoms with Crippen LogP contribution in [-0.4, -0.2) is 9.55 Å². The fraction of sp³-hybridized carbons (Fsp3) is 0.533. The van der Waals surface area contributed by atoms with Crippen molar-refractivity contribution in [3.05, 3.63) is 28.5 Å². The van der Waals surface area contributed by atoms with Gasteiger partial charge in [-0.25, -0.2) is 0 Å². The molecule has 18 heavy (non-hydrogen) atoms. The molecule has 1 aromatic heterocycles. The number of para-hydroxylation sites is 1. The number of nitrogens with zero attached hydrogens (tertiary/aromatic N) is 1. The highest BCUT2D eigenvalue weighted by atomic mass is 32.1. The van der Waals surface area contributed by atoms with Crippen molar-refractivity contribution in [3.8, 4) is 0 Å². The second-order valence-electron chi connectivity index (χ2n) is 6.17. The fourth-order valence-electron chi connectivity index (χ4n) is 3.44. The quantitative estimate of drug-likeness (QED) is 0.733. The normalized spacial score (nSPS) is 22.7. The van der Waals surface area contributed by atoms with Crippen molar-refractivity contribution >= 4 is 23.3 Å². The molecular formula is C15H20N2S. The van der Waals surface area contributed by atoms with Gasteiger partial charge in [-0.05, 0) is 49.0 Å². The number of hydrogen-bond donors (Lipinski definition) is 1. The van der Waals surface area contributed by atoms with Gasteiger partial charge in [0.25, 0.3) is 0 Å². The molecule has 0 amide bonds. The van der Waals surface area contributed by atoms with E-state index in [2.05, 4.69) is 48.5 Å². The molecule has 0 bridgehead atoms. The smallest absolute Gasteiger partial charge is 0.178 e. The van der Waals surface area contributed by atoms with Crippen LogP contribution in [-0.2, 0) is 0 Å². The maximum atomic E-state index is 5.56. The molecule has 3 heteroatoms. The summed E-state index contributed by atoms with van der Waals surface area (Å²) in [5, 5.41) is 0. The minimum atomic E-state index is 0.343. The molecular weight excluding hydrogens is 240 g/mol. The number of nitrogens with one attached hydrogen (secondary N) is 1. The van der Waals surface area contributed by atoms with Crippen LogP contribution >= 0.6 is 12.2 Å². The van der Waals surface area contributed by atoms with Gasteiger partial charge in [-0.2, -0.15) is 0 Å². The first-order valence-corrected chi connectivity index (χ1v) is 7.11. The molecule has 1 fully saturated rings. The van der Waals surface area contributed by atoms with Crippen LogP contribution < -0.4 is 0 Å². The molecule has 2 nitrogen and oxygen atoms in total. The van der Waals surface area contributed by atoms with Crippen LogP contribution in [0, 0.1) is 17.1 Å². The Morgan fingerprint density at radius 3 is 2.83 bits per heavy atom. The number of aromatic amines is 1. The standard InChI is InChI=1S/C15H20N2S/c1-10-6-4-7-11-13(10)17(14(18)16-11)12-8-5-9-15(12,2)3/h4,6-7,12H,5,8-9H2,1-3H3,(H,16,18). The van der Waals surface area contributed by atoms with Crippen LogP contribution in [0.1, 0.15) is 44.7 Å². The molecule has 3 rings (SSSR count). The Kier molecular flexibility index (Phi) is 2.63. The third-order valence-corrected chi connectivity index (χ3v) is 4.75. The Morgan fingerprint density at radius 1 is 1.39 bits per heavy atom. The second-order valence-corrected chi connectivity index (χ2v) is 6.55. The van der Waals surface area contributed by atoms with Gasteiger partial charge in [-0.15, -0.1) is 0 Å². The average molecular weight is 260 g/mol. The molecule has 1 aliphatic rings. The van der Waals surface area contributed by atoms with Gasteiger partial charge in [0.05, 0.1) is 11.0 Å². The van der Waals surface area contributed by atoms with Crippen LogP contribution in [0.25, 0.3) is 11.0 Å². The average Bonchev–Trinajstić information content (AvgIpc) is 2.78. The summed E-state index contributed by atoms with van der Waals surface area (Å²) in [6, 6.07) is 6.91. The predicted octanol–water partition coefficient (Wildman–Crippen LogP) is 4.76. The number of fused-ring (bicyclic) bond motifs is 1. The van der Waals surface area contributed by atoms with Crippen LogP contribution in [0.4, 0.5) is 0 Å². The summed E-state index contributed by atoms with van der Waals surface area (Å²) < 4.78 is 3.24. The molecule has 1 heterocycles. The summed E-state index contributed by atoms with van der Waals surface area (Å²) in [7, 11) is 0. The summed E-state index contributed by atoms with van der Waals surface area (Å²) in [4.78, 5) is 3.36. The first-order chi connectivity index (χ1) is 8.50. The summed E-state index contributed by atoms with van der Waals surface area (Å²) in [5.74, 6) is 0. The maximum absolute atomic E-state index is 5.56. The van der Waals surface area contributed by atoms with E-state index in [1.54, 1.807) is 0 Å². The molecule has 1 saturated carbocycles. The Bertz CT molecular complexity index is 648. The molecule has 96 valence electrons. The van der Waals surface area contributed by atoms with Crippen LogP contribution in [0.15, 0.2) is 18.2 Å². The zero-order valence-corrected chi connectivity index (χ0v) is 12.1. The monoisotopic (exact) mass is 260 g/mol. The lowest BCUT2D eigenvalue weighted by Crippen LogP contribution is -2.21. The van der Waals surface area contributed by atoms with E-state index < -0.39 is 0 Å². The van der Waals surface area contributed by atoms with E-state index in [0.29, 0.717) is 11.5 Å². The zero-order valence-electron chi connectivity index (χ0n) is 11.3. The van der Waals surface area contributed by atoms with Crippen molar-refractivity contribution in [3.63, 3.8) is 0 Å². The molecule has 1 aromatic carbocycles. The topological polar surface area (TPSA) is 20.7 Å². The molecule has 0 radical (unpaired) electrons. The molecule has 0 spiro atoms. The summed E-state index contributed by atoms with van der Waals surface area (Å²) in [6.45, 7) is 6.90. The number of aryl methyl sites for hydroxylation is 1.